The zero-order valence-electron chi connectivity index (χ0n) is 14.6. The van der Waals surface area contributed by atoms with Gasteiger partial charge in [0.1, 0.15) is 5.82 Å². The monoisotopic (exact) mass is 447 g/mol. The van der Waals surface area contributed by atoms with Gasteiger partial charge in [0.25, 0.3) is 5.91 Å². The summed E-state index contributed by atoms with van der Waals surface area (Å²) in [5, 5.41) is 12.8. The lowest BCUT2D eigenvalue weighted by Crippen LogP contribution is -2.31. The zero-order chi connectivity index (χ0) is 20.7. The molecule has 1 atom stereocenters. The molecule has 0 bridgehead atoms. The standard InChI is InChI=1S/C21H12Cl2FNO3S/c22-14-8-7-13(10-15(14)23)25-18(11-3-5-12(24)6-4-11)17(20(27)21(25)28)19(26)16-2-1-9-29-16/h1-10,18,27H. The number of thiophene rings is 1. The van der Waals surface area contributed by atoms with E-state index in [4.69, 9.17) is 23.2 Å². The summed E-state index contributed by atoms with van der Waals surface area (Å²) in [6.07, 6.45) is 0. The Hall–Kier alpha value is -2.67. The number of carbonyl (C=O) groups excluding carboxylic acids is 2. The van der Waals surface area contributed by atoms with Crippen molar-refractivity contribution >= 4 is 51.9 Å². The lowest BCUT2D eigenvalue weighted by Gasteiger charge is -2.27. The molecule has 4 rings (SSSR count). The number of amides is 1. The quantitative estimate of drug-likeness (QED) is 0.500. The van der Waals surface area contributed by atoms with E-state index in [-0.39, 0.29) is 10.6 Å². The van der Waals surface area contributed by atoms with E-state index in [2.05, 4.69) is 0 Å². The third-order valence-corrected chi connectivity index (χ3v) is 6.17. The number of aliphatic hydroxyl groups is 1. The highest BCUT2D eigenvalue weighted by Gasteiger charge is 2.44. The van der Waals surface area contributed by atoms with Gasteiger partial charge in [-0.3, -0.25) is 14.5 Å². The number of carbonyl (C=O) groups is 2. The molecule has 3 aromatic rings. The smallest absolute Gasteiger partial charge is 0.294 e. The molecule has 2 aromatic carbocycles. The van der Waals surface area contributed by atoms with Gasteiger partial charge in [0.05, 0.1) is 26.5 Å². The number of Topliss-reactive ketones (excluding diaryl/α,β-unsaturated/α-hetero) is 1. The van der Waals surface area contributed by atoms with Crippen molar-refractivity contribution in [3.63, 3.8) is 0 Å². The Morgan fingerprint density at radius 1 is 1.07 bits per heavy atom. The summed E-state index contributed by atoms with van der Waals surface area (Å²) in [5.74, 6) is -2.33. The highest BCUT2D eigenvalue weighted by molar-refractivity contribution is 7.12. The van der Waals surface area contributed by atoms with Crippen LogP contribution < -0.4 is 4.90 Å². The number of benzene rings is 2. The number of hydrogen-bond acceptors (Lipinski definition) is 4. The third-order valence-electron chi connectivity index (χ3n) is 4.56. The minimum absolute atomic E-state index is 0.0740. The van der Waals surface area contributed by atoms with Gasteiger partial charge in [-0.1, -0.05) is 41.4 Å². The number of ketones is 1. The van der Waals surface area contributed by atoms with Gasteiger partial charge >= 0.3 is 0 Å². The van der Waals surface area contributed by atoms with Gasteiger partial charge in [-0.2, -0.15) is 0 Å². The minimum Gasteiger partial charge on any atom is -0.503 e. The zero-order valence-corrected chi connectivity index (χ0v) is 16.9. The van der Waals surface area contributed by atoms with E-state index in [1.165, 1.54) is 52.6 Å². The Labute approximate surface area is 179 Å². The second-order valence-corrected chi connectivity index (χ2v) is 8.06. The number of halogens is 3. The fourth-order valence-corrected chi connectivity index (χ4v) is 4.21. The first-order chi connectivity index (χ1) is 13.9. The van der Waals surface area contributed by atoms with Crippen molar-refractivity contribution in [1.82, 2.24) is 0 Å². The molecule has 0 radical (unpaired) electrons. The van der Waals surface area contributed by atoms with E-state index in [1.54, 1.807) is 23.6 Å². The summed E-state index contributed by atoms with van der Waals surface area (Å²) in [4.78, 5) is 27.7. The SMILES string of the molecule is O=C(C1=C(O)C(=O)N(c2ccc(Cl)c(Cl)c2)C1c1ccc(F)cc1)c1cccs1. The maximum Gasteiger partial charge on any atom is 0.294 e. The molecule has 0 spiro atoms. The van der Waals surface area contributed by atoms with Crippen LogP contribution in [-0.4, -0.2) is 16.8 Å². The van der Waals surface area contributed by atoms with Crippen LogP contribution in [0.5, 0.6) is 0 Å². The molecule has 0 saturated heterocycles. The first-order valence-electron chi connectivity index (χ1n) is 8.44. The van der Waals surface area contributed by atoms with Crippen molar-refractivity contribution < 1.29 is 19.1 Å². The van der Waals surface area contributed by atoms with Gasteiger partial charge in [-0.15, -0.1) is 11.3 Å². The van der Waals surface area contributed by atoms with Crippen molar-refractivity contribution in [2.45, 2.75) is 6.04 Å². The molecule has 1 N–H and O–H groups in total. The summed E-state index contributed by atoms with van der Waals surface area (Å²) < 4.78 is 13.5. The van der Waals surface area contributed by atoms with Gasteiger partial charge in [-0.05, 0) is 47.3 Å². The van der Waals surface area contributed by atoms with Crippen molar-refractivity contribution in [2.75, 3.05) is 4.90 Å². The largest absolute Gasteiger partial charge is 0.503 e. The second kappa shape index (κ2) is 7.63. The van der Waals surface area contributed by atoms with E-state index in [1.807, 2.05) is 0 Å². The number of hydrogen-bond donors (Lipinski definition) is 1. The molecule has 1 amide bonds. The van der Waals surface area contributed by atoms with Crippen LogP contribution >= 0.6 is 34.5 Å². The van der Waals surface area contributed by atoms with Gasteiger partial charge in [0.15, 0.2) is 5.76 Å². The maximum atomic E-state index is 13.5. The van der Waals surface area contributed by atoms with Crippen LogP contribution in [0.3, 0.4) is 0 Å². The van der Waals surface area contributed by atoms with Crippen LogP contribution in [0.15, 0.2) is 71.3 Å². The summed E-state index contributed by atoms with van der Waals surface area (Å²) in [6.45, 7) is 0. The normalized spacial score (nSPS) is 16.6. The second-order valence-electron chi connectivity index (χ2n) is 6.30. The third kappa shape index (κ3) is 3.44. The topological polar surface area (TPSA) is 57.6 Å². The molecule has 2 heterocycles. The molecule has 4 nitrogen and oxygen atoms in total. The number of rotatable bonds is 4. The highest BCUT2D eigenvalue weighted by atomic mass is 35.5. The molecule has 1 aromatic heterocycles. The van der Waals surface area contributed by atoms with Crippen LogP contribution in [0.25, 0.3) is 0 Å². The molecular formula is C21H12Cl2FNO3S. The molecule has 0 fully saturated rings. The average molecular weight is 448 g/mol. The fraction of sp³-hybridized carbons (Fsp3) is 0.0476. The minimum atomic E-state index is -0.949. The highest BCUT2D eigenvalue weighted by Crippen LogP contribution is 2.43. The first-order valence-corrected chi connectivity index (χ1v) is 10.1. The Bertz CT molecular complexity index is 1140. The Morgan fingerprint density at radius 2 is 1.79 bits per heavy atom. The van der Waals surface area contributed by atoms with Crippen LogP contribution in [0.4, 0.5) is 10.1 Å². The molecule has 1 aliphatic heterocycles. The summed E-state index contributed by atoms with van der Waals surface area (Å²) >= 11 is 13.3. The molecule has 146 valence electrons. The van der Waals surface area contributed by atoms with Crippen molar-refractivity contribution in [2.24, 2.45) is 0 Å². The molecule has 0 saturated carbocycles. The lowest BCUT2D eigenvalue weighted by molar-refractivity contribution is -0.117. The van der Waals surface area contributed by atoms with E-state index < -0.39 is 29.3 Å². The fourth-order valence-electron chi connectivity index (χ4n) is 3.24. The Kier molecular flexibility index (Phi) is 5.17. The average Bonchev–Trinajstić information content (AvgIpc) is 3.32. The van der Waals surface area contributed by atoms with E-state index in [0.717, 1.165) is 0 Å². The van der Waals surface area contributed by atoms with Gasteiger partial charge in [0.2, 0.25) is 5.78 Å². The van der Waals surface area contributed by atoms with E-state index >= 15 is 0 Å². The molecule has 29 heavy (non-hydrogen) atoms. The Morgan fingerprint density at radius 3 is 2.41 bits per heavy atom. The van der Waals surface area contributed by atoms with Crippen LogP contribution in [0.1, 0.15) is 21.3 Å². The predicted octanol–water partition coefficient (Wildman–Crippen LogP) is 5.98. The van der Waals surface area contributed by atoms with E-state index in [0.29, 0.717) is 21.2 Å². The molecule has 1 aliphatic rings. The molecular weight excluding hydrogens is 436 g/mol. The van der Waals surface area contributed by atoms with Crippen LogP contribution in [-0.2, 0) is 4.79 Å². The van der Waals surface area contributed by atoms with Crippen LogP contribution in [0.2, 0.25) is 10.0 Å². The summed E-state index contributed by atoms with van der Waals surface area (Å²) in [6, 6.07) is 12.3. The predicted molar refractivity (Wildman–Crippen MR) is 111 cm³/mol. The summed E-state index contributed by atoms with van der Waals surface area (Å²) in [7, 11) is 0. The molecule has 8 heteroatoms. The lowest BCUT2D eigenvalue weighted by atomic mass is 9.95. The molecule has 0 aliphatic carbocycles. The first kappa shape index (κ1) is 19.6. The van der Waals surface area contributed by atoms with E-state index in [9.17, 15) is 19.1 Å². The van der Waals surface area contributed by atoms with Crippen molar-refractivity contribution in [3.8, 4) is 0 Å². The number of anilines is 1. The summed E-state index contributed by atoms with van der Waals surface area (Å²) in [5.41, 5.74) is 0.740. The van der Waals surface area contributed by atoms with Gasteiger partial charge in [0, 0.05) is 5.69 Å². The van der Waals surface area contributed by atoms with Crippen LogP contribution in [0, 0.1) is 5.82 Å². The van der Waals surface area contributed by atoms with Crippen molar-refractivity contribution in [1.29, 1.82) is 0 Å². The van der Waals surface area contributed by atoms with Gasteiger partial charge in [-0.25, -0.2) is 4.39 Å². The van der Waals surface area contributed by atoms with Crippen molar-refractivity contribution in [3.05, 3.63) is 97.6 Å². The van der Waals surface area contributed by atoms with Gasteiger partial charge < -0.3 is 5.11 Å². The maximum absolute atomic E-state index is 13.5. The number of nitrogens with zero attached hydrogens (tertiary/aromatic N) is 1. The number of aliphatic hydroxyl groups excluding tert-OH is 1. The Balaban J connectivity index is 1.89. The molecule has 1 unspecified atom stereocenters.